The molecule has 0 aromatic carbocycles. The van der Waals surface area contributed by atoms with Crippen molar-refractivity contribution in [1.29, 1.82) is 0 Å². The van der Waals surface area contributed by atoms with Gasteiger partial charge in [-0.1, -0.05) is 6.92 Å². The van der Waals surface area contributed by atoms with E-state index in [1.54, 1.807) is 0 Å². The SMILES string of the molecule is CCCN(CC(=O)N1CCOC(C)C1)C1CCS(=O)(=O)C1. The molecule has 2 fully saturated rings. The zero-order valence-electron chi connectivity index (χ0n) is 13.0. The summed E-state index contributed by atoms with van der Waals surface area (Å²) >= 11 is 0. The Morgan fingerprint density at radius 2 is 2.19 bits per heavy atom. The maximum absolute atomic E-state index is 12.4. The molecule has 2 saturated heterocycles. The van der Waals surface area contributed by atoms with Gasteiger partial charge in [-0.15, -0.1) is 0 Å². The average molecular weight is 318 g/mol. The first kappa shape index (κ1) is 16.7. The quantitative estimate of drug-likeness (QED) is 0.721. The van der Waals surface area contributed by atoms with Crippen LogP contribution in [0.4, 0.5) is 0 Å². The largest absolute Gasteiger partial charge is 0.375 e. The van der Waals surface area contributed by atoms with Crippen LogP contribution in [0.5, 0.6) is 0 Å². The lowest BCUT2D eigenvalue weighted by Crippen LogP contribution is -2.50. The number of hydrogen-bond acceptors (Lipinski definition) is 5. The number of rotatable bonds is 5. The first-order valence-electron chi connectivity index (χ1n) is 7.75. The van der Waals surface area contributed by atoms with Crippen LogP contribution in [0.15, 0.2) is 0 Å². The van der Waals surface area contributed by atoms with Crippen LogP contribution in [-0.4, -0.2) is 80.6 Å². The monoisotopic (exact) mass is 318 g/mol. The molecule has 2 aliphatic heterocycles. The van der Waals surface area contributed by atoms with Crippen LogP contribution in [0.1, 0.15) is 26.7 Å². The van der Waals surface area contributed by atoms with E-state index in [4.69, 9.17) is 4.74 Å². The standard InChI is InChI=1S/C14H26N2O4S/c1-3-5-15(13-4-8-21(18,19)11-13)10-14(17)16-6-7-20-12(2)9-16/h12-13H,3-11H2,1-2H3. The number of amides is 1. The fourth-order valence-corrected chi connectivity index (χ4v) is 4.82. The molecule has 0 aliphatic carbocycles. The van der Waals surface area contributed by atoms with E-state index in [2.05, 4.69) is 6.92 Å². The van der Waals surface area contributed by atoms with Gasteiger partial charge in [-0.2, -0.15) is 0 Å². The highest BCUT2D eigenvalue weighted by Gasteiger charge is 2.33. The Hall–Kier alpha value is -0.660. The normalized spacial score (nSPS) is 29.0. The second-order valence-corrected chi connectivity index (χ2v) is 8.28. The summed E-state index contributed by atoms with van der Waals surface area (Å²) in [6, 6.07) is -0.00244. The highest BCUT2D eigenvalue weighted by atomic mass is 32.2. The number of morpholine rings is 1. The van der Waals surface area contributed by atoms with Gasteiger partial charge in [0.25, 0.3) is 0 Å². The van der Waals surface area contributed by atoms with E-state index >= 15 is 0 Å². The molecule has 0 radical (unpaired) electrons. The fraction of sp³-hybridized carbons (Fsp3) is 0.929. The minimum atomic E-state index is -2.91. The molecule has 6 nitrogen and oxygen atoms in total. The summed E-state index contributed by atoms with van der Waals surface area (Å²) in [5, 5.41) is 0. The number of sulfone groups is 1. The van der Waals surface area contributed by atoms with Crippen LogP contribution in [0.3, 0.4) is 0 Å². The molecule has 0 aromatic heterocycles. The molecule has 0 saturated carbocycles. The van der Waals surface area contributed by atoms with E-state index < -0.39 is 9.84 Å². The van der Waals surface area contributed by atoms with E-state index in [1.807, 2.05) is 16.7 Å². The van der Waals surface area contributed by atoms with Gasteiger partial charge in [0.1, 0.15) is 0 Å². The summed E-state index contributed by atoms with van der Waals surface area (Å²) in [5.41, 5.74) is 0. The van der Waals surface area contributed by atoms with Crippen LogP contribution in [-0.2, 0) is 19.4 Å². The summed E-state index contributed by atoms with van der Waals surface area (Å²) in [5.74, 6) is 0.531. The van der Waals surface area contributed by atoms with Crippen molar-refractivity contribution in [2.45, 2.75) is 38.8 Å². The maximum atomic E-state index is 12.4. The molecule has 122 valence electrons. The van der Waals surface area contributed by atoms with Gasteiger partial charge in [-0.25, -0.2) is 8.42 Å². The highest BCUT2D eigenvalue weighted by molar-refractivity contribution is 7.91. The van der Waals surface area contributed by atoms with Gasteiger partial charge >= 0.3 is 0 Å². The van der Waals surface area contributed by atoms with Crippen LogP contribution in [0.2, 0.25) is 0 Å². The Kier molecular flexibility index (Phi) is 5.62. The van der Waals surface area contributed by atoms with E-state index in [0.29, 0.717) is 32.7 Å². The molecule has 0 aromatic rings. The van der Waals surface area contributed by atoms with Gasteiger partial charge in [0.05, 0.1) is 30.8 Å². The first-order chi connectivity index (χ1) is 9.91. The number of nitrogens with zero attached hydrogens (tertiary/aromatic N) is 2. The molecule has 0 spiro atoms. The molecule has 2 heterocycles. The van der Waals surface area contributed by atoms with Crippen molar-refractivity contribution in [3.63, 3.8) is 0 Å². The van der Waals surface area contributed by atoms with Gasteiger partial charge < -0.3 is 9.64 Å². The third kappa shape index (κ3) is 4.66. The number of ether oxygens (including phenoxy) is 1. The molecular weight excluding hydrogens is 292 g/mol. The number of hydrogen-bond donors (Lipinski definition) is 0. The summed E-state index contributed by atoms with van der Waals surface area (Å²) in [6.45, 7) is 6.95. The smallest absolute Gasteiger partial charge is 0.236 e. The molecule has 0 N–H and O–H groups in total. The van der Waals surface area contributed by atoms with Gasteiger partial charge in [0.15, 0.2) is 9.84 Å². The first-order valence-corrected chi connectivity index (χ1v) is 9.57. The van der Waals surface area contributed by atoms with Crippen molar-refractivity contribution in [2.24, 2.45) is 0 Å². The zero-order valence-corrected chi connectivity index (χ0v) is 13.8. The second kappa shape index (κ2) is 7.07. The van der Waals surface area contributed by atoms with Gasteiger partial charge in [-0.3, -0.25) is 9.69 Å². The van der Waals surface area contributed by atoms with E-state index in [-0.39, 0.29) is 29.6 Å². The Bertz CT molecular complexity index is 466. The van der Waals surface area contributed by atoms with Crippen molar-refractivity contribution in [3.8, 4) is 0 Å². The Morgan fingerprint density at radius 3 is 2.76 bits per heavy atom. The summed E-state index contributed by atoms with van der Waals surface area (Å²) in [4.78, 5) is 16.3. The maximum Gasteiger partial charge on any atom is 0.236 e. The van der Waals surface area contributed by atoms with Gasteiger partial charge in [0, 0.05) is 19.1 Å². The third-order valence-electron chi connectivity index (χ3n) is 4.17. The Labute approximate surface area is 127 Å². The van der Waals surface area contributed by atoms with Crippen molar-refractivity contribution in [2.75, 3.05) is 44.3 Å². The molecule has 1 amide bonds. The number of carbonyl (C=O) groups excluding carboxylic acids is 1. The lowest BCUT2D eigenvalue weighted by molar-refractivity contribution is -0.139. The minimum absolute atomic E-state index is 0.00244. The van der Waals surface area contributed by atoms with E-state index in [1.165, 1.54) is 0 Å². The van der Waals surface area contributed by atoms with Crippen LogP contribution < -0.4 is 0 Å². The molecule has 7 heteroatoms. The lowest BCUT2D eigenvalue weighted by atomic mass is 10.2. The molecule has 2 atom stereocenters. The minimum Gasteiger partial charge on any atom is -0.375 e. The Balaban J connectivity index is 1.94. The van der Waals surface area contributed by atoms with Gasteiger partial charge in [0.2, 0.25) is 5.91 Å². The topological polar surface area (TPSA) is 66.9 Å². The predicted octanol–water partition coefficient (Wildman–Crippen LogP) is 0.133. The average Bonchev–Trinajstić information content (AvgIpc) is 2.78. The third-order valence-corrected chi connectivity index (χ3v) is 5.92. The molecular formula is C14H26N2O4S. The van der Waals surface area contributed by atoms with Crippen LogP contribution in [0.25, 0.3) is 0 Å². The highest BCUT2D eigenvalue weighted by Crippen LogP contribution is 2.18. The number of carbonyl (C=O) groups is 1. The zero-order chi connectivity index (χ0) is 15.5. The molecule has 2 rings (SSSR count). The van der Waals surface area contributed by atoms with E-state index in [9.17, 15) is 13.2 Å². The molecule has 2 unspecified atom stereocenters. The van der Waals surface area contributed by atoms with Crippen molar-refractivity contribution in [3.05, 3.63) is 0 Å². The fourth-order valence-electron chi connectivity index (χ4n) is 3.06. The molecule has 0 bridgehead atoms. The van der Waals surface area contributed by atoms with Crippen LogP contribution >= 0.6 is 0 Å². The second-order valence-electron chi connectivity index (χ2n) is 6.05. The summed E-state index contributed by atoms with van der Waals surface area (Å²) < 4.78 is 28.7. The summed E-state index contributed by atoms with van der Waals surface area (Å²) in [6.07, 6.45) is 1.65. The van der Waals surface area contributed by atoms with E-state index in [0.717, 1.165) is 13.0 Å². The predicted molar refractivity (Wildman–Crippen MR) is 80.9 cm³/mol. The Morgan fingerprint density at radius 1 is 1.43 bits per heavy atom. The molecule has 21 heavy (non-hydrogen) atoms. The van der Waals surface area contributed by atoms with Crippen LogP contribution in [0, 0.1) is 0 Å². The van der Waals surface area contributed by atoms with Crippen molar-refractivity contribution >= 4 is 15.7 Å². The summed E-state index contributed by atoms with van der Waals surface area (Å²) in [7, 11) is -2.91. The molecule has 2 aliphatic rings. The van der Waals surface area contributed by atoms with Gasteiger partial charge in [-0.05, 0) is 26.3 Å². The van der Waals surface area contributed by atoms with Crippen molar-refractivity contribution in [1.82, 2.24) is 9.80 Å². The van der Waals surface area contributed by atoms with Crippen molar-refractivity contribution < 1.29 is 17.9 Å². The lowest BCUT2D eigenvalue weighted by Gasteiger charge is -2.34.